The predicted octanol–water partition coefficient (Wildman–Crippen LogP) is 2.43. The fraction of sp³-hybridized carbons (Fsp3) is 0.600. The highest BCUT2D eigenvalue weighted by Gasteiger charge is 2.16. The Kier molecular flexibility index (Phi) is 4.57. The standard InChI is InChI=1S/C15H24N2/c1-13-6-3-4-8-15(13)11-16-10-14-7-5-9-17(2)12-14/h3-4,6,8,14,16H,5,7,9-12H2,1-2H3. The van der Waals surface area contributed by atoms with Gasteiger partial charge in [-0.3, -0.25) is 0 Å². The van der Waals surface area contributed by atoms with Gasteiger partial charge in [0.05, 0.1) is 0 Å². The molecule has 0 aromatic heterocycles. The van der Waals surface area contributed by atoms with Crippen LogP contribution in [0.4, 0.5) is 0 Å². The molecule has 1 aromatic rings. The lowest BCUT2D eigenvalue weighted by molar-refractivity contribution is 0.206. The van der Waals surface area contributed by atoms with E-state index in [1.54, 1.807) is 0 Å². The summed E-state index contributed by atoms with van der Waals surface area (Å²) in [5.74, 6) is 0.831. The molecule has 1 heterocycles. The molecule has 2 rings (SSSR count). The fourth-order valence-corrected chi connectivity index (χ4v) is 2.66. The molecule has 0 amide bonds. The summed E-state index contributed by atoms with van der Waals surface area (Å²) in [6.07, 6.45) is 2.73. The number of hydrogen-bond donors (Lipinski definition) is 1. The molecule has 2 heteroatoms. The van der Waals surface area contributed by atoms with Crippen LogP contribution >= 0.6 is 0 Å². The molecule has 1 saturated heterocycles. The molecule has 0 saturated carbocycles. The van der Waals surface area contributed by atoms with Crippen LogP contribution in [-0.4, -0.2) is 31.6 Å². The Bertz CT molecular complexity index is 349. The van der Waals surface area contributed by atoms with Crippen LogP contribution in [0.1, 0.15) is 24.0 Å². The van der Waals surface area contributed by atoms with Gasteiger partial charge in [0.15, 0.2) is 0 Å². The Morgan fingerprint density at radius 1 is 1.35 bits per heavy atom. The molecule has 0 aliphatic carbocycles. The van der Waals surface area contributed by atoms with Gasteiger partial charge in [-0.25, -0.2) is 0 Å². The number of hydrogen-bond acceptors (Lipinski definition) is 2. The molecule has 1 fully saturated rings. The Morgan fingerprint density at radius 3 is 2.94 bits per heavy atom. The minimum absolute atomic E-state index is 0.831. The zero-order chi connectivity index (χ0) is 12.1. The third-order valence-electron chi connectivity index (χ3n) is 3.73. The topological polar surface area (TPSA) is 15.3 Å². The first kappa shape index (κ1) is 12.6. The van der Waals surface area contributed by atoms with Crippen molar-refractivity contribution in [3.05, 3.63) is 35.4 Å². The Morgan fingerprint density at radius 2 is 2.18 bits per heavy atom. The largest absolute Gasteiger partial charge is 0.312 e. The lowest BCUT2D eigenvalue weighted by Gasteiger charge is -2.29. The van der Waals surface area contributed by atoms with Crippen molar-refractivity contribution in [3.63, 3.8) is 0 Å². The fourth-order valence-electron chi connectivity index (χ4n) is 2.66. The molecule has 1 aliphatic heterocycles. The summed E-state index contributed by atoms with van der Waals surface area (Å²) in [5.41, 5.74) is 2.82. The van der Waals surface area contributed by atoms with E-state index >= 15 is 0 Å². The van der Waals surface area contributed by atoms with Crippen molar-refractivity contribution in [1.29, 1.82) is 0 Å². The van der Waals surface area contributed by atoms with Crippen molar-refractivity contribution in [1.82, 2.24) is 10.2 Å². The molecule has 1 N–H and O–H groups in total. The van der Waals surface area contributed by atoms with Crippen LogP contribution in [-0.2, 0) is 6.54 Å². The summed E-state index contributed by atoms with van der Waals surface area (Å²) in [4.78, 5) is 2.45. The zero-order valence-electron chi connectivity index (χ0n) is 11.1. The molecule has 0 spiro atoms. The van der Waals surface area contributed by atoms with Crippen LogP contribution in [0.25, 0.3) is 0 Å². The van der Waals surface area contributed by atoms with Crippen molar-refractivity contribution in [2.75, 3.05) is 26.7 Å². The van der Waals surface area contributed by atoms with Crippen LogP contribution < -0.4 is 5.32 Å². The molecule has 0 bridgehead atoms. The molecule has 2 nitrogen and oxygen atoms in total. The van der Waals surface area contributed by atoms with Gasteiger partial charge in [0, 0.05) is 13.1 Å². The first-order chi connectivity index (χ1) is 8.25. The maximum absolute atomic E-state index is 3.61. The van der Waals surface area contributed by atoms with E-state index in [0.717, 1.165) is 19.0 Å². The average molecular weight is 232 g/mol. The maximum atomic E-state index is 3.61. The summed E-state index contributed by atoms with van der Waals surface area (Å²) >= 11 is 0. The van der Waals surface area contributed by atoms with Crippen LogP contribution in [0.2, 0.25) is 0 Å². The Hall–Kier alpha value is -0.860. The molecular weight excluding hydrogens is 208 g/mol. The van der Waals surface area contributed by atoms with E-state index in [4.69, 9.17) is 0 Å². The van der Waals surface area contributed by atoms with E-state index in [-0.39, 0.29) is 0 Å². The second-order valence-corrected chi connectivity index (χ2v) is 5.33. The van der Waals surface area contributed by atoms with Gasteiger partial charge in [-0.05, 0) is 56.9 Å². The van der Waals surface area contributed by atoms with Gasteiger partial charge >= 0.3 is 0 Å². The maximum Gasteiger partial charge on any atom is 0.0208 e. The van der Waals surface area contributed by atoms with Crippen molar-refractivity contribution in [2.24, 2.45) is 5.92 Å². The van der Waals surface area contributed by atoms with Crippen molar-refractivity contribution < 1.29 is 0 Å². The van der Waals surface area contributed by atoms with Gasteiger partial charge in [0.1, 0.15) is 0 Å². The third-order valence-corrected chi connectivity index (χ3v) is 3.73. The van der Waals surface area contributed by atoms with Crippen molar-refractivity contribution >= 4 is 0 Å². The lowest BCUT2D eigenvalue weighted by atomic mass is 9.98. The number of rotatable bonds is 4. The minimum Gasteiger partial charge on any atom is -0.312 e. The van der Waals surface area contributed by atoms with Crippen molar-refractivity contribution in [3.8, 4) is 0 Å². The average Bonchev–Trinajstić information content (AvgIpc) is 2.32. The summed E-state index contributed by atoms with van der Waals surface area (Å²) in [7, 11) is 2.23. The van der Waals surface area contributed by atoms with Gasteiger partial charge in [-0.15, -0.1) is 0 Å². The Balaban J connectivity index is 1.74. The normalized spacial score (nSPS) is 21.6. The summed E-state index contributed by atoms with van der Waals surface area (Å²) < 4.78 is 0. The second-order valence-electron chi connectivity index (χ2n) is 5.33. The summed E-state index contributed by atoms with van der Waals surface area (Å²) in [6, 6.07) is 8.63. The number of likely N-dealkylation sites (tertiary alicyclic amines) is 1. The first-order valence-corrected chi connectivity index (χ1v) is 6.69. The molecule has 1 atom stereocenters. The van der Waals surface area contributed by atoms with Gasteiger partial charge < -0.3 is 10.2 Å². The van der Waals surface area contributed by atoms with E-state index in [2.05, 4.69) is 48.5 Å². The number of aryl methyl sites for hydroxylation is 1. The number of nitrogens with one attached hydrogen (secondary N) is 1. The minimum atomic E-state index is 0.831. The molecule has 17 heavy (non-hydrogen) atoms. The van der Waals surface area contributed by atoms with Crippen LogP contribution in [0.3, 0.4) is 0 Å². The smallest absolute Gasteiger partial charge is 0.0208 e. The number of piperidine rings is 1. The second kappa shape index (κ2) is 6.18. The van der Waals surface area contributed by atoms with Gasteiger partial charge in [-0.2, -0.15) is 0 Å². The molecule has 0 radical (unpaired) electrons. The van der Waals surface area contributed by atoms with Crippen LogP contribution in [0, 0.1) is 12.8 Å². The van der Waals surface area contributed by atoms with Crippen molar-refractivity contribution in [2.45, 2.75) is 26.3 Å². The monoisotopic (exact) mass is 232 g/mol. The van der Waals surface area contributed by atoms with E-state index in [1.807, 2.05) is 0 Å². The van der Waals surface area contributed by atoms with Gasteiger partial charge in [0.25, 0.3) is 0 Å². The highest BCUT2D eigenvalue weighted by molar-refractivity contribution is 5.25. The van der Waals surface area contributed by atoms with Crippen LogP contribution in [0.5, 0.6) is 0 Å². The Labute approximate surface area is 105 Å². The van der Waals surface area contributed by atoms with Crippen LogP contribution in [0.15, 0.2) is 24.3 Å². The molecule has 1 unspecified atom stereocenters. The first-order valence-electron chi connectivity index (χ1n) is 6.69. The van der Waals surface area contributed by atoms with E-state index in [0.29, 0.717) is 0 Å². The number of nitrogens with zero attached hydrogens (tertiary/aromatic N) is 1. The third kappa shape index (κ3) is 3.83. The highest BCUT2D eigenvalue weighted by atomic mass is 15.1. The molecular formula is C15H24N2. The number of benzene rings is 1. The molecule has 1 aliphatic rings. The summed E-state index contributed by atoms with van der Waals surface area (Å²) in [6.45, 7) is 6.87. The SMILES string of the molecule is Cc1ccccc1CNCC1CCCN(C)C1. The predicted molar refractivity (Wildman–Crippen MR) is 73.1 cm³/mol. The van der Waals surface area contributed by atoms with Gasteiger partial charge in [-0.1, -0.05) is 24.3 Å². The summed E-state index contributed by atoms with van der Waals surface area (Å²) in [5, 5.41) is 3.61. The highest BCUT2D eigenvalue weighted by Crippen LogP contribution is 2.14. The molecule has 94 valence electrons. The quantitative estimate of drug-likeness (QED) is 0.857. The lowest BCUT2D eigenvalue weighted by Crippen LogP contribution is -2.37. The van der Waals surface area contributed by atoms with E-state index in [9.17, 15) is 0 Å². The van der Waals surface area contributed by atoms with E-state index < -0.39 is 0 Å². The van der Waals surface area contributed by atoms with E-state index in [1.165, 1.54) is 37.1 Å². The van der Waals surface area contributed by atoms with Gasteiger partial charge in [0.2, 0.25) is 0 Å². The zero-order valence-corrected chi connectivity index (χ0v) is 11.1. The molecule has 1 aromatic carbocycles.